The van der Waals surface area contributed by atoms with Gasteiger partial charge in [-0.25, -0.2) is 4.79 Å². The molecule has 0 radical (unpaired) electrons. The van der Waals surface area contributed by atoms with Crippen LogP contribution in [0.3, 0.4) is 0 Å². The number of carbonyl (C=O) groups excluding carboxylic acids is 2. The Hall–Kier alpha value is -1.63. The van der Waals surface area contributed by atoms with Crippen molar-refractivity contribution in [3.8, 4) is 0 Å². The van der Waals surface area contributed by atoms with Gasteiger partial charge in [0.1, 0.15) is 0 Å². The third-order valence-corrected chi connectivity index (χ3v) is 6.50. The second-order valence-corrected chi connectivity index (χ2v) is 8.61. The van der Waals surface area contributed by atoms with Gasteiger partial charge in [-0.1, -0.05) is 34.4 Å². The van der Waals surface area contributed by atoms with Gasteiger partial charge >= 0.3 is 5.97 Å². The van der Waals surface area contributed by atoms with Gasteiger partial charge in [0.25, 0.3) is 0 Å². The van der Waals surface area contributed by atoms with Crippen molar-refractivity contribution in [1.82, 2.24) is 9.80 Å². The van der Waals surface area contributed by atoms with Crippen LogP contribution in [-0.4, -0.2) is 59.6 Å². The normalized spacial score (nSPS) is 23.9. The molecule has 2 aliphatic rings. The SMILES string of the molecule is CC(=O)ON=C1CCC(N2CCCC2)C(N(C)C(=O)Cc2ccc(Cl)c(Cl)c2)C1. The first-order valence-corrected chi connectivity index (χ1v) is 10.8. The summed E-state index contributed by atoms with van der Waals surface area (Å²) in [5.74, 6) is -0.411. The van der Waals surface area contributed by atoms with E-state index < -0.39 is 5.97 Å². The summed E-state index contributed by atoms with van der Waals surface area (Å²) in [5.41, 5.74) is 1.66. The van der Waals surface area contributed by atoms with Crippen LogP contribution >= 0.6 is 23.2 Å². The Labute approximate surface area is 181 Å². The molecule has 0 bridgehead atoms. The molecule has 6 nitrogen and oxygen atoms in total. The number of rotatable bonds is 5. The number of likely N-dealkylation sites (tertiary alicyclic amines) is 1. The number of benzene rings is 1. The molecule has 0 aromatic heterocycles. The van der Waals surface area contributed by atoms with E-state index in [1.54, 1.807) is 12.1 Å². The molecule has 1 aliphatic carbocycles. The van der Waals surface area contributed by atoms with Crippen LogP contribution in [0.1, 0.15) is 44.6 Å². The van der Waals surface area contributed by atoms with Crippen LogP contribution in [0.4, 0.5) is 0 Å². The maximum Gasteiger partial charge on any atom is 0.331 e. The number of carbonyl (C=O) groups is 2. The van der Waals surface area contributed by atoms with E-state index in [0.717, 1.165) is 37.2 Å². The van der Waals surface area contributed by atoms with E-state index in [2.05, 4.69) is 10.1 Å². The molecule has 0 spiro atoms. The Morgan fingerprint density at radius 3 is 2.62 bits per heavy atom. The van der Waals surface area contributed by atoms with Gasteiger partial charge in [0, 0.05) is 26.4 Å². The summed E-state index contributed by atoms with van der Waals surface area (Å²) in [5, 5.41) is 4.94. The molecular formula is C21H27Cl2N3O3. The van der Waals surface area contributed by atoms with Crippen LogP contribution in [-0.2, 0) is 20.8 Å². The minimum absolute atomic E-state index is 0.00793. The smallest absolute Gasteiger partial charge is 0.331 e. The molecule has 1 saturated heterocycles. The zero-order valence-electron chi connectivity index (χ0n) is 16.9. The van der Waals surface area contributed by atoms with Crippen molar-refractivity contribution in [2.75, 3.05) is 20.1 Å². The van der Waals surface area contributed by atoms with Gasteiger partial charge in [-0.05, 0) is 56.5 Å². The molecule has 1 heterocycles. The van der Waals surface area contributed by atoms with E-state index in [0.29, 0.717) is 16.5 Å². The van der Waals surface area contributed by atoms with Crippen molar-refractivity contribution < 1.29 is 14.4 Å². The van der Waals surface area contributed by atoms with Crippen molar-refractivity contribution in [2.24, 2.45) is 5.16 Å². The summed E-state index contributed by atoms with van der Waals surface area (Å²) < 4.78 is 0. The predicted molar refractivity (Wildman–Crippen MR) is 114 cm³/mol. The lowest BCUT2D eigenvalue weighted by molar-refractivity contribution is -0.141. The monoisotopic (exact) mass is 439 g/mol. The Morgan fingerprint density at radius 2 is 1.97 bits per heavy atom. The molecular weight excluding hydrogens is 413 g/mol. The summed E-state index contributed by atoms with van der Waals surface area (Å²) in [6.45, 7) is 3.46. The predicted octanol–water partition coefficient (Wildman–Crippen LogP) is 3.93. The number of hydrogen-bond donors (Lipinski definition) is 0. The lowest BCUT2D eigenvalue weighted by Crippen LogP contribution is -2.55. The van der Waals surface area contributed by atoms with E-state index in [1.807, 2.05) is 18.0 Å². The minimum atomic E-state index is -0.431. The third kappa shape index (κ3) is 5.71. The topological polar surface area (TPSA) is 62.2 Å². The number of halogens is 2. The van der Waals surface area contributed by atoms with Crippen molar-refractivity contribution >= 4 is 40.8 Å². The van der Waals surface area contributed by atoms with Gasteiger partial charge in [-0.3, -0.25) is 9.69 Å². The van der Waals surface area contributed by atoms with Gasteiger partial charge in [0.05, 0.1) is 28.2 Å². The van der Waals surface area contributed by atoms with Crippen LogP contribution in [0.25, 0.3) is 0 Å². The Kier molecular flexibility index (Phi) is 7.55. The zero-order valence-corrected chi connectivity index (χ0v) is 18.4. The van der Waals surface area contributed by atoms with Crippen LogP contribution in [0.2, 0.25) is 10.0 Å². The third-order valence-electron chi connectivity index (χ3n) is 5.76. The molecule has 1 aromatic carbocycles. The van der Waals surface area contributed by atoms with E-state index in [-0.39, 0.29) is 24.4 Å². The average Bonchev–Trinajstić information content (AvgIpc) is 3.23. The number of amides is 1. The van der Waals surface area contributed by atoms with E-state index in [1.165, 1.54) is 19.8 Å². The molecule has 2 unspecified atom stereocenters. The fraction of sp³-hybridized carbons (Fsp3) is 0.571. The van der Waals surface area contributed by atoms with E-state index >= 15 is 0 Å². The average molecular weight is 440 g/mol. The van der Waals surface area contributed by atoms with Crippen LogP contribution in [0.5, 0.6) is 0 Å². The van der Waals surface area contributed by atoms with Gasteiger partial charge < -0.3 is 9.74 Å². The van der Waals surface area contributed by atoms with Crippen molar-refractivity contribution in [2.45, 2.75) is 57.5 Å². The second kappa shape index (κ2) is 9.92. The first kappa shape index (κ1) is 22.1. The highest BCUT2D eigenvalue weighted by atomic mass is 35.5. The van der Waals surface area contributed by atoms with Gasteiger partial charge in [0.2, 0.25) is 5.91 Å². The fourth-order valence-electron chi connectivity index (χ4n) is 4.23. The van der Waals surface area contributed by atoms with E-state index in [4.69, 9.17) is 28.0 Å². The molecule has 1 aliphatic heterocycles. The highest BCUT2D eigenvalue weighted by Crippen LogP contribution is 2.29. The molecule has 3 rings (SSSR count). The Balaban J connectivity index is 1.74. The summed E-state index contributed by atoms with van der Waals surface area (Å²) >= 11 is 12.1. The molecule has 1 saturated carbocycles. The molecule has 2 atom stereocenters. The molecule has 1 amide bonds. The van der Waals surface area contributed by atoms with Gasteiger partial charge in [0.15, 0.2) is 0 Å². The number of nitrogens with zero attached hydrogens (tertiary/aromatic N) is 3. The molecule has 29 heavy (non-hydrogen) atoms. The standard InChI is InChI=1S/C21H27Cl2N3O3/c1-14(27)29-24-16-6-8-19(26-9-3-4-10-26)20(13-16)25(2)21(28)12-15-5-7-17(22)18(23)11-15/h5,7,11,19-20H,3-4,6,8-10,12-13H2,1-2H3. The number of oxime groups is 1. The maximum atomic E-state index is 13.0. The molecule has 2 fully saturated rings. The summed E-state index contributed by atoms with van der Waals surface area (Å²) in [6.07, 6.45) is 4.93. The van der Waals surface area contributed by atoms with Crippen LogP contribution in [0, 0.1) is 0 Å². The first-order valence-electron chi connectivity index (χ1n) is 10.0. The summed E-state index contributed by atoms with van der Waals surface area (Å²) in [6, 6.07) is 5.56. The Morgan fingerprint density at radius 1 is 1.24 bits per heavy atom. The van der Waals surface area contributed by atoms with Crippen LogP contribution < -0.4 is 0 Å². The highest BCUT2D eigenvalue weighted by Gasteiger charge is 2.37. The van der Waals surface area contributed by atoms with Gasteiger partial charge in [-0.2, -0.15) is 0 Å². The lowest BCUT2D eigenvalue weighted by atomic mass is 9.86. The minimum Gasteiger partial charge on any atom is -0.341 e. The van der Waals surface area contributed by atoms with Gasteiger partial charge in [-0.15, -0.1) is 0 Å². The quantitative estimate of drug-likeness (QED) is 0.514. The van der Waals surface area contributed by atoms with Crippen molar-refractivity contribution in [3.05, 3.63) is 33.8 Å². The largest absolute Gasteiger partial charge is 0.341 e. The molecule has 1 aromatic rings. The first-order chi connectivity index (χ1) is 13.8. The molecule has 158 valence electrons. The highest BCUT2D eigenvalue weighted by molar-refractivity contribution is 6.42. The zero-order chi connectivity index (χ0) is 21.0. The Bertz CT molecular complexity index is 793. The molecule has 0 N–H and O–H groups in total. The summed E-state index contributed by atoms with van der Waals surface area (Å²) in [4.78, 5) is 33.3. The number of hydrogen-bond acceptors (Lipinski definition) is 5. The maximum absolute atomic E-state index is 13.0. The van der Waals surface area contributed by atoms with Crippen LogP contribution in [0.15, 0.2) is 23.4 Å². The van der Waals surface area contributed by atoms with Crippen molar-refractivity contribution in [3.63, 3.8) is 0 Å². The second-order valence-electron chi connectivity index (χ2n) is 7.79. The fourth-order valence-corrected chi connectivity index (χ4v) is 4.55. The van der Waals surface area contributed by atoms with Crippen molar-refractivity contribution in [1.29, 1.82) is 0 Å². The lowest BCUT2D eigenvalue weighted by Gasteiger charge is -2.42. The number of likely N-dealkylation sites (N-methyl/N-ethyl adjacent to an activating group) is 1. The molecule has 8 heteroatoms. The summed E-state index contributed by atoms with van der Waals surface area (Å²) in [7, 11) is 1.85. The van der Waals surface area contributed by atoms with E-state index in [9.17, 15) is 9.59 Å².